The van der Waals surface area contributed by atoms with Crippen LogP contribution < -0.4 is 15.8 Å². The summed E-state index contributed by atoms with van der Waals surface area (Å²) in [5.41, 5.74) is 8.22. The van der Waals surface area contributed by atoms with Crippen LogP contribution in [0.1, 0.15) is 17.5 Å². The molecule has 7 heteroatoms. The van der Waals surface area contributed by atoms with E-state index in [1.54, 1.807) is 6.07 Å². The van der Waals surface area contributed by atoms with E-state index in [1.807, 2.05) is 18.2 Å². The van der Waals surface area contributed by atoms with Gasteiger partial charge in [-0.1, -0.05) is 30.3 Å². The molecule has 2 aromatic rings. The molecule has 4 nitrogen and oxygen atoms in total. The SMILES string of the molecule is Nc1ccccc1CCC(=O)NCCc1ccc(OC(F)(F)F)cc1. The number of anilines is 1. The number of amides is 1. The molecule has 25 heavy (non-hydrogen) atoms. The maximum Gasteiger partial charge on any atom is 0.573 e. The molecule has 0 aliphatic rings. The Morgan fingerprint density at radius 3 is 2.36 bits per heavy atom. The second kappa shape index (κ2) is 8.41. The number of aryl methyl sites for hydroxylation is 1. The minimum Gasteiger partial charge on any atom is -0.406 e. The number of hydrogen-bond donors (Lipinski definition) is 2. The van der Waals surface area contributed by atoms with E-state index >= 15 is 0 Å². The number of ether oxygens (including phenoxy) is 1. The van der Waals surface area contributed by atoms with Crippen LogP contribution in [-0.4, -0.2) is 18.8 Å². The van der Waals surface area contributed by atoms with E-state index in [-0.39, 0.29) is 11.7 Å². The van der Waals surface area contributed by atoms with Crippen LogP contribution in [0, 0.1) is 0 Å². The van der Waals surface area contributed by atoms with Crippen molar-refractivity contribution in [3.8, 4) is 5.75 Å². The molecule has 0 fully saturated rings. The highest BCUT2D eigenvalue weighted by Crippen LogP contribution is 2.22. The fraction of sp³-hybridized carbons (Fsp3) is 0.278. The molecule has 0 atom stereocenters. The molecular weight excluding hydrogens is 333 g/mol. The maximum absolute atomic E-state index is 12.1. The number of benzene rings is 2. The van der Waals surface area contributed by atoms with E-state index in [1.165, 1.54) is 24.3 Å². The smallest absolute Gasteiger partial charge is 0.406 e. The summed E-state index contributed by atoms with van der Waals surface area (Å²) in [5.74, 6) is -0.360. The number of para-hydroxylation sites is 1. The molecule has 0 unspecified atom stereocenters. The molecule has 0 aliphatic heterocycles. The van der Waals surface area contributed by atoms with Gasteiger partial charge in [0.25, 0.3) is 0 Å². The zero-order valence-electron chi connectivity index (χ0n) is 13.5. The Balaban J connectivity index is 1.71. The average Bonchev–Trinajstić information content (AvgIpc) is 2.54. The third-order valence-corrected chi connectivity index (χ3v) is 3.57. The molecule has 0 aromatic heterocycles. The molecule has 0 bridgehead atoms. The normalized spacial score (nSPS) is 11.2. The van der Waals surface area contributed by atoms with E-state index in [0.717, 1.165) is 11.1 Å². The summed E-state index contributed by atoms with van der Waals surface area (Å²) in [6.07, 6.45) is -3.29. The predicted octanol–water partition coefficient (Wildman–Crippen LogP) is 3.46. The van der Waals surface area contributed by atoms with Crippen LogP contribution in [0.25, 0.3) is 0 Å². The van der Waals surface area contributed by atoms with E-state index in [4.69, 9.17) is 5.73 Å². The molecular formula is C18H19F3N2O2. The molecule has 0 saturated heterocycles. The summed E-state index contributed by atoms with van der Waals surface area (Å²) < 4.78 is 40.0. The van der Waals surface area contributed by atoms with Gasteiger partial charge in [0.15, 0.2) is 0 Å². The molecule has 134 valence electrons. The Morgan fingerprint density at radius 2 is 1.72 bits per heavy atom. The van der Waals surface area contributed by atoms with Crippen molar-refractivity contribution in [3.05, 3.63) is 59.7 Å². The minimum atomic E-state index is -4.70. The highest BCUT2D eigenvalue weighted by molar-refractivity contribution is 5.76. The van der Waals surface area contributed by atoms with Crippen molar-refractivity contribution in [2.75, 3.05) is 12.3 Å². The standard InChI is InChI=1S/C18H19F3N2O2/c19-18(20,21)25-15-8-5-13(6-9-15)11-12-23-17(24)10-7-14-3-1-2-4-16(14)22/h1-6,8-9H,7,10-12,22H2,(H,23,24). The molecule has 2 rings (SSSR count). The monoisotopic (exact) mass is 352 g/mol. The highest BCUT2D eigenvalue weighted by atomic mass is 19.4. The number of hydrogen-bond acceptors (Lipinski definition) is 3. The first kappa shape index (κ1) is 18.6. The van der Waals surface area contributed by atoms with Crippen molar-refractivity contribution in [2.24, 2.45) is 0 Å². The van der Waals surface area contributed by atoms with Crippen LogP contribution in [0.4, 0.5) is 18.9 Å². The largest absolute Gasteiger partial charge is 0.573 e. The van der Waals surface area contributed by atoms with Gasteiger partial charge in [0, 0.05) is 18.7 Å². The Morgan fingerprint density at radius 1 is 1.04 bits per heavy atom. The second-order valence-electron chi connectivity index (χ2n) is 5.49. The van der Waals surface area contributed by atoms with E-state index in [0.29, 0.717) is 31.5 Å². The lowest BCUT2D eigenvalue weighted by Crippen LogP contribution is -2.26. The van der Waals surface area contributed by atoms with Crippen molar-refractivity contribution >= 4 is 11.6 Å². The lowest BCUT2D eigenvalue weighted by molar-refractivity contribution is -0.274. The van der Waals surface area contributed by atoms with Gasteiger partial charge in [-0.15, -0.1) is 13.2 Å². The molecule has 0 heterocycles. The Kier molecular flexibility index (Phi) is 6.27. The second-order valence-corrected chi connectivity index (χ2v) is 5.49. The highest BCUT2D eigenvalue weighted by Gasteiger charge is 2.30. The first-order valence-corrected chi connectivity index (χ1v) is 7.78. The van der Waals surface area contributed by atoms with Crippen molar-refractivity contribution < 1.29 is 22.7 Å². The topological polar surface area (TPSA) is 64.4 Å². The summed E-state index contributed by atoms with van der Waals surface area (Å²) in [4.78, 5) is 11.8. The Bertz CT molecular complexity index is 700. The molecule has 0 spiro atoms. The minimum absolute atomic E-state index is 0.0970. The zero-order chi connectivity index (χ0) is 18.3. The first-order valence-electron chi connectivity index (χ1n) is 7.78. The van der Waals surface area contributed by atoms with Gasteiger partial charge in [-0.3, -0.25) is 4.79 Å². The third kappa shape index (κ3) is 6.74. The van der Waals surface area contributed by atoms with Crippen LogP contribution in [-0.2, 0) is 17.6 Å². The fourth-order valence-corrected chi connectivity index (χ4v) is 2.30. The van der Waals surface area contributed by atoms with Crippen molar-refractivity contribution in [2.45, 2.75) is 25.6 Å². The van der Waals surface area contributed by atoms with Gasteiger partial charge in [-0.2, -0.15) is 0 Å². The van der Waals surface area contributed by atoms with E-state index in [9.17, 15) is 18.0 Å². The number of rotatable bonds is 7. The van der Waals surface area contributed by atoms with Gasteiger partial charge in [0.2, 0.25) is 5.91 Å². The van der Waals surface area contributed by atoms with Crippen LogP contribution in [0.2, 0.25) is 0 Å². The number of halogens is 3. The molecule has 0 aliphatic carbocycles. The van der Waals surface area contributed by atoms with Gasteiger partial charge in [0.05, 0.1) is 0 Å². The van der Waals surface area contributed by atoms with Gasteiger partial charge >= 0.3 is 6.36 Å². The number of carbonyl (C=O) groups is 1. The van der Waals surface area contributed by atoms with Crippen LogP contribution >= 0.6 is 0 Å². The fourth-order valence-electron chi connectivity index (χ4n) is 2.30. The van der Waals surface area contributed by atoms with Gasteiger partial charge in [-0.05, 0) is 42.2 Å². The lowest BCUT2D eigenvalue weighted by atomic mass is 10.1. The number of nitrogen functional groups attached to an aromatic ring is 1. The number of alkyl halides is 3. The zero-order valence-corrected chi connectivity index (χ0v) is 13.5. The van der Waals surface area contributed by atoms with Crippen LogP contribution in [0.15, 0.2) is 48.5 Å². The van der Waals surface area contributed by atoms with Gasteiger partial charge in [-0.25, -0.2) is 0 Å². The predicted molar refractivity (Wildman–Crippen MR) is 89.0 cm³/mol. The molecule has 3 N–H and O–H groups in total. The number of nitrogens with one attached hydrogen (secondary N) is 1. The molecule has 2 aromatic carbocycles. The Hall–Kier alpha value is -2.70. The van der Waals surface area contributed by atoms with Gasteiger partial charge < -0.3 is 15.8 Å². The maximum atomic E-state index is 12.1. The Labute approximate surface area is 143 Å². The van der Waals surface area contributed by atoms with Crippen LogP contribution in [0.5, 0.6) is 5.75 Å². The van der Waals surface area contributed by atoms with E-state index in [2.05, 4.69) is 10.1 Å². The average molecular weight is 352 g/mol. The summed E-state index contributed by atoms with van der Waals surface area (Å²) >= 11 is 0. The van der Waals surface area contributed by atoms with Gasteiger partial charge in [0.1, 0.15) is 5.75 Å². The van der Waals surface area contributed by atoms with Crippen molar-refractivity contribution in [1.82, 2.24) is 5.32 Å². The van der Waals surface area contributed by atoms with Crippen molar-refractivity contribution in [1.29, 1.82) is 0 Å². The van der Waals surface area contributed by atoms with Crippen LogP contribution in [0.3, 0.4) is 0 Å². The number of nitrogens with two attached hydrogens (primary N) is 1. The third-order valence-electron chi connectivity index (χ3n) is 3.57. The summed E-state index contributed by atoms with van der Waals surface area (Å²) in [6, 6.07) is 13.0. The summed E-state index contributed by atoms with van der Waals surface area (Å²) in [7, 11) is 0. The summed E-state index contributed by atoms with van der Waals surface area (Å²) in [6.45, 7) is 0.405. The molecule has 0 saturated carbocycles. The lowest BCUT2D eigenvalue weighted by Gasteiger charge is -2.10. The first-order chi connectivity index (χ1) is 11.8. The summed E-state index contributed by atoms with van der Waals surface area (Å²) in [5, 5.41) is 2.78. The molecule has 1 amide bonds. The van der Waals surface area contributed by atoms with Crippen molar-refractivity contribution in [3.63, 3.8) is 0 Å². The quantitative estimate of drug-likeness (QED) is 0.750. The molecule has 0 radical (unpaired) electrons. The van der Waals surface area contributed by atoms with E-state index < -0.39 is 6.36 Å². The number of carbonyl (C=O) groups excluding carboxylic acids is 1.